The van der Waals surface area contributed by atoms with Gasteiger partial charge in [0.15, 0.2) is 6.17 Å². The minimum atomic E-state index is -1.32. The molecule has 208 valence electrons. The number of aromatic nitrogens is 3. The number of hydrogen-bond acceptors (Lipinski definition) is 3. The molecule has 8 rings (SSSR count). The van der Waals surface area contributed by atoms with Crippen LogP contribution in [-0.4, -0.2) is 14.5 Å². The molecule has 0 fully saturated rings. The number of para-hydroxylation sites is 1. The topological polar surface area (TPSA) is 39.9 Å². The van der Waals surface area contributed by atoms with Crippen molar-refractivity contribution in [1.82, 2.24) is 14.5 Å². The lowest BCUT2D eigenvalue weighted by molar-refractivity contribution is 0.402. The lowest BCUT2D eigenvalue weighted by atomic mass is 9.74. The fraction of sp³-hybridized carbons (Fsp3) is 0.105. The van der Waals surface area contributed by atoms with E-state index in [1.807, 2.05) is 84.9 Å². The van der Waals surface area contributed by atoms with Gasteiger partial charge in [-0.1, -0.05) is 74.5 Å². The summed E-state index contributed by atoms with van der Waals surface area (Å²) < 4.78 is 25.0. The first-order valence-electron chi connectivity index (χ1n) is 14.5. The van der Waals surface area contributed by atoms with Gasteiger partial charge in [0.2, 0.25) is 0 Å². The number of fused-ring (bicyclic) bond motifs is 6. The predicted molar refractivity (Wildman–Crippen MR) is 170 cm³/mol. The van der Waals surface area contributed by atoms with E-state index in [4.69, 9.17) is 9.72 Å². The highest BCUT2D eigenvalue weighted by molar-refractivity contribution is 6.12. The van der Waals surface area contributed by atoms with Gasteiger partial charge in [-0.05, 0) is 65.7 Å². The number of hydrogen-bond donors (Lipinski definition) is 0. The van der Waals surface area contributed by atoms with Crippen LogP contribution in [0.25, 0.3) is 38.9 Å². The van der Waals surface area contributed by atoms with Gasteiger partial charge in [0, 0.05) is 45.3 Å². The zero-order chi connectivity index (χ0) is 29.1. The molecule has 4 nitrogen and oxygen atoms in total. The van der Waals surface area contributed by atoms with Crippen molar-refractivity contribution in [1.29, 1.82) is 0 Å². The smallest absolute Gasteiger partial charge is 0.150 e. The lowest BCUT2D eigenvalue weighted by Gasteiger charge is -2.35. The maximum atomic E-state index is 16.4. The molecule has 1 unspecified atom stereocenters. The maximum absolute atomic E-state index is 16.4. The quantitative estimate of drug-likeness (QED) is 0.215. The third kappa shape index (κ3) is 3.96. The summed E-state index contributed by atoms with van der Waals surface area (Å²) in [7, 11) is 0. The molecule has 3 aromatic heterocycles. The number of nitrogens with zero attached hydrogens (tertiary/aromatic N) is 3. The number of rotatable bonds is 4. The Morgan fingerprint density at radius 1 is 0.698 bits per heavy atom. The van der Waals surface area contributed by atoms with E-state index >= 15 is 4.39 Å². The fourth-order valence-corrected chi connectivity index (χ4v) is 6.61. The Morgan fingerprint density at radius 2 is 1.49 bits per heavy atom. The first kappa shape index (κ1) is 25.4. The molecular weight excluding hydrogens is 533 g/mol. The number of alkyl halides is 1. The lowest BCUT2D eigenvalue weighted by Crippen LogP contribution is -2.24. The van der Waals surface area contributed by atoms with Crippen LogP contribution in [0.15, 0.2) is 128 Å². The molecule has 0 saturated heterocycles. The second kappa shape index (κ2) is 9.63. The van der Waals surface area contributed by atoms with Crippen molar-refractivity contribution in [2.75, 3.05) is 0 Å². The second-order valence-electron chi connectivity index (χ2n) is 11.6. The van der Waals surface area contributed by atoms with E-state index in [0.717, 1.165) is 61.5 Å². The second-order valence-corrected chi connectivity index (χ2v) is 11.6. The average Bonchev–Trinajstić information content (AvgIpc) is 3.38. The van der Waals surface area contributed by atoms with E-state index < -0.39 is 6.17 Å². The Labute approximate surface area is 249 Å². The Balaban J connectivity index is 1.35. The SMILES string of the molecule is CC1(C)c2ccccc2Oc2ccc3c(c21)c1ccc(C(F)c2cccc(-c4ccccn4)c2)cc1n3-c1ccccn1. The largest absolute Gasteiger partial charge is 0.457 e. The molecule has 4 heterocycles. The molecule has 0 spiro atoms. The average molecular weight is 562 g/mol. The van der Waals surface area contributed by atoms with Crippen LogP contribution in [0.2, 0.25) is 0 Å². The molecule has 0 saturated carbocycles. The van der Waals surface area contributed by atoms with Crippen molar-refractivity contribution in [3.63, 3.8) is 0 Å². The third-order valence-corrected chi connectivity index (χ3v) is 8.63. The van der Waals surface area contributed by atoms with Crippen LogP contribution in [0.3, 0.4) is 0 Å². The van der Waals surface area contributed by atoms with Crippen LogP contribution in [0.5, 0.6) is 11.5 Å². The zero-order valence-corrected chi connectivity index (χ0v) is 23.8. The van der Waals surface area contributed by atoms with E-state index in [9.17, 15) is 0 Å². The van der Waals surface area contributed by atoms with Crippen LogP contribution in [0, 0.1) is 0 Å². The van der Waals surface area contributed by atoms with Crippen molar-refractivity contribution >= 4 is 21.8 Å². The Hall–Kier alpha value is -5.29. The van der Waals surface area contributed by atoms with E-state index in [1.165, 1.54) is 0 Å². The molecule has 0 N–H and O–H groups in total. The molecule has 5 heteroatoms. The Kier molecular flexibility index (Phi) is 5.70. The van der Waals surface area contributed by atoms with Crippen LogP contribution in [0.1, 0.15) is 42.3 Å². The maximum Gasteiger partial charge on any atom is 0.150 e. The Bertz CT molecular complexity index is 2150. The van der Waals surface area contributed by atoms with Gasteiger partial charge in [-0.25, -0.2) is 9.37 Å². The predicted octanol–water partition coefficient (Wildman–Crippen LogP) is 9.73. The molecule has 43 heavy (non-hydrogen) atoms. The standard InChI is InChI=1S/C38H28FN3O/c1-38(2)28-12-3-4-14-32(28)43-33-19-18-30-35(36(33)38)27-17-16-26(23-31(27)42(30)34-15-6-8-21-41-34)37(39)25-11-9-10-24(22-25)29-13-5-7-20-40-29/h3-23,37H,1-2H3. The molecule has 7 aromatic rings. The van der Waals surface area contributed by atoms with Gasteiger partial charge in [-0.2, -0.15) is 0 Å². The summed E-state index contributed by atoms with van der Waals surface area (Å²) in [5.41, 5.74) is 6.73. The number of ether oxygens (including phenoxy) is 1. The van der Waals surface area contributed by atoms with Crippen LogP contribution >= 0.6 is 0 Å². The highest BCUT2D eigenvalue weighted by atomic mass is 19.1. The monoisotopic (exact) mass is 561 g/mol. The number of halogens is 1. The molecule has 1 aliphatic rings. The molecule has 1 aliphatic heterocycles. The first-order chi connectivity index (χ1) is 21.0. The van der Waals surface area contributed by atoms with Crippen LogP contribution in [0.4, 0.5) is 4.39 Å². The van der Waals surface area contributed by atoms with E-state index in [2.05, 4.69) is 53.7 Å². The van der Waals surface area contributed by atoms with Crippen molar-refractivity contribution in [3.8, 4) is 28.6 Å². The number of pyridine rings is 2. The van der Waals surface area contributed by atoms with E-state index in [-0.39, 0.29) is 5.41 Å². The normalized spacial score (nSPS) is 14.2. The number of benzene rings is 4. The van der Waals surface area contributed by atoms with Gasteiger partial charge >= 0.3 is 0 Å². The summed E-state index contributed by atoms with van der Waals surface area (Å²) in [4.78, 5) is 9.17. The van der Waals surface area contributed by atoms with Crippen LogP contribution in [-0.2, 0) is 5.41 Å². The minimum absolute atomic E-state index is 0.319. The highest BCUT2D eigenvalue weighted by Gasteiger charge is 2.37. The molecule has 4 aromatic carbocycles. The molecule has 0 aliphatic carbocycles. The summed E-state index contributed by atoms with van der Waals surface area (Å²) in [5.74, 6) is 2.50. The zero-order valence-electron chi connectivity index (χ0n) is 23.8. The minimum Gasteiger partial charge on any atom is -0.457 e. The van der Waals surface area contributed by atoms with Crippen molar-refractivity contribution in [3.05, 3.63) is 150 Å². The highest BCUT2D eigenvalue weighted by Crippen LogP contribution is 2.52. The summed E-state index contributed by atoms with van der Waals surface area (Å²) >= 11 is 0. The molecule has 0 bridgehead atoms. The van der Waals surface area contributed by atoms with Crippen molar-refractivity contribution < 1.29 is 9.13 Å². The van der Waals surface area contributed by atoms with Crippen molar-refractivity contribution in [2.45, 2.75) is 25.4 Å². The third-order valence-electron chi connectivity index (χ3n) is 8.63. The summed E-state index contributed by atoms with van der Waals surface area (Å²) in [6, 6.07) is 37.5. The summed E-state index contributed by atoms with van der Waals surface area (Å²) in [5, 5.41) is 2.13. The van der Waals surface area contributed by atoms with Crippen LogP contribution < -0.4 is 4.74 Å². The molecule has 1 atom stereocenters. The van der Waals surface area contributed by atoms with Gasteiger partial charge in [0.05, 0.1) is 16.7 Å². The van der Waals surface area contributed by atoms with E-state index in [0.29, 0.717) is 11.1 Å². The van der Waals surface area contributed by atoms with Gasteiger partial charge in [-0.3, -0.25) is 9.55 Å². The molecular formula is C38H28FN3O. The Morgan fingerprint density at radius 3 is 2.30 bits per heavy atom. The first-order valence-corrected chi connectivity index (χ1v) is 14.5. The fourth-order valence-electron chi connectivity index (χ4n) is 6.61. The van der Waals surface area contributed by atoms with Gasteiger partial charge in [0.25, 0.3) is 0 Å². The van der Waals surface area contributed by atoms with E-state index in [1.54, 1.807) is 12.4 Å². The van der Waals surface area contributed by atoms with Crippen molar-refractivity contribution in [2.24, 2.45) is 0 Å². The van der Waals surface area contributed by atoms with Gasteiger partial charge in [0.1, 0.15) is 17.3 Å². The van der Waals surface area contributed by atoms with Gasteiger partial charge < -0.3 is 4.74 Å². The van der Waals surface area contributed by atoms with Gasteiger partial charge in [-0.15, -0.1) is 0 Å². The molecule has 0 amide bonds. The summed E-state index contributed by atoms with van der Waals surface area (Å²) in [6.07, 6.45) is 2.23. The molecule has 0 radical (unpaired) electrons. The summed E-state index contributed by atoms with van der Waals surface area (Å²) in [6.45, 7) is 4.49.